The first-order chi connectivity index (χ1) is 9.76. The number of pyridine rings is 1. The molecule has 2 rings (SSSR count). The van der Waals surface area contributed by atoms with Crippen molar-refractivity contribution in [2.75, 3.05) is 13.7 Å². The highest BCUT2D eigenvalue weighted by atomic mass is 16.5. The standard InChI is InChI=1S/C16H19NO3/c1-3-11-20-13-8-6-12(7-9-13)15(18)14-5-4-10-17-16(14)19-2/h4-10,15,18H,3,11H2,1-2H3. The van der Waals surface area contributed by atoms with Crippen molar-refractivity contribution >= 4 is 0 Å². The van der Waals surface area contributed by atoms with Crippen molar-refractivity contribution in [2.45, 2.75) is 19.4 Å². The second kappa shape index (κ2) is 6.91. The van der Waals surface area contributed by atoms with Crippen LogP contribution in [0.3, 0.4) is 0 Å². The van der Waals surface area contributed by atoms with Gasteiger partial charge in [0.1, 0.15) is 11.9 Å². The van der Waals surface area contributed by atoms with Gasteiger partial charge >= 0.3 is 0 Å². The first kappa shape index (κ1) is 14.3. The zero-order chi connectivity index (χ0) is 14.4. The van der Waals surface area contributed by atoms with E-state index in [9.17, 15) is 5.11 Å². The largest absolute Gasteiger partial charge is 0.494 e. The van der Waals surface area contributed by atoms with Crippen LogP contribution < -0.4 is 9.47 Å². The fourth-order valence-corrected chi connectivity index (χ4v) is 1.93. The lowest BCUT2D eigenvalue weighted by molar-refractivity contribution is 0.213. The van der Waals surface area contributed by atoms with Gasteiger partial charge in [-0.25, -0.2) is 4.98 Å². The van der Waals surface area contributed by atoms with Crippen molar-refractivity contribution in [1.29, 1.82) is 0 Å². The van der Waals surface area contributed by atoms with E-state index >= 15 is 0 Å². The summed E-state index contributed by atoms with van der Waals surface area (Å²) in [5, 5.41) is 10.4. The zero-order valence-electron chi connectivity index (χ0n) is 11.7. The molecule has 0 radical (unpaired) electrons. The Morgan fingerprint density at radius 3 is 2.60 bits per heavy atom. The molecular formula is C16H19NO3. The monoisotopic (exact) mass is 273 g/mol. The number of aliphatic hydroxyl groups excluding tert-OH is 1. The lowest BCUT2D eigenvalue weighted by atomic mass is 10.0. The quantitative estimate of drug-likeness (QED) is 0.879. The smallest absolute Gasteiger partial charge is 0.219 e. The van der Waals surface area contributed by atoms with Crippen molar-refractivity contribution in [3.05, 3.63) is 53.7 Å². The number of hydrogen-bond acceptors (Lipinski definition) is 4. The summed E-state index contributed by atoms with van der Waals surface area (Å²) in [6.45, 7) is 2.76. The minimum atomic E-state index is -0.765. The Kier molecular flexibility index (Phi) is 4.96. The van der Waals surface area contributed by atoms with E-state index in [2.05, 4.69) is 11.9 Å². The normalized spacial score (nSPS) is 11.9. The van der Waals surface area contributed by atoms with E-state index in [1.807, 2.05) is 24.3 Å². The molecule has 1 N–H and O–H groups in total. The molecule has 0 saturated carbocycles. The van der Waals surface area contributed by atoms with Crippen LogP contribution in [0.1, 0.15) is 30.6 Å². The Hall–Kier alpha value is -2.07. The van der Waals surface area contributed by atoms with Gasteiger partial charge in [0, 0.05) is 11.8 Å². The molecule has 1 aromatic heterocycles. The van der Waals surface area contributed by atoms with E-state index in [0.29, 0.717) is 18.1 Å². The van der Waals surface area contributed by atoms with Gasteiger partial charge in [-0.3, -0.25) is 0 Å². The molecule has 0 aliphatic rings. The maximum atomic E-state index is 10.4. The fraction of sp³-hybridized carbons (Fsp3) is 0.312. The third-order valence-electron chi connectivity index (χ3n) is 2.96. The predicted octanol–water partition coefficient (Wildman–Crippen LogP) is 2.96. The van der Waals surface area contributed by atoms with Gasteiger partial charge in [0.15, 0.2) is 0 Å². The lowest BCUT2D eigenvalue weighted by Gasteiger charge is -2.14. The van der Waals surface area contributed by atoms with Crippen LogP contribution in [-0.4, -0.2) is 23.8 Å². The molecule has 2 aromatic rings. The first-order valence-electron chi connectivity index (χ1n) is 6.66. The highest BCUT2D eigenvalue weighted by molar-refractivity contribution is 5.37. The van der Waals surface area contributed by atoms with Gasteiger partial charge in [0.2, 0.25) is 5.88 Å². The molecule has 20 heavy (non-hydrogen) atoms. The Morgan fingerprint density at radius 2 is 1.95 bits per heavy atom. The van der Waals surface area contributed by atoms with E-state index in [4.69, 9.17) is 9.47 Å². The van der Waals surface area contributed by atoms with Crippen LogP contribution in [-0.2, 0) is 0 Å². The Balaban J connectivity index is 2.18. The van der Waals surface area contributed by atoms with Gasteiger partial charge in [0.05, 0.1) is 13.7 Å². The van der Waals surface area contributed by atoms with Crippen LogP contribution in [0.15, 0.2) is 42.6 Å². The minimum Gasteiger partial charge on any atom is -0.494 e. The Bertz CT molecular complexity index is 540. The van der Waals surface area contributed by atoms with E-state index in [1.54, 1.807) is 25.4 Å². The van der Waals surface area contributed by atoms with Gasteiger partial charge in [-0.15, -0.1) is 0 Å². The third kappa shape index (κ3) is 3.27. The summed E-state index contributed by atoms with van der Waals surface area (Å²) in [6.07, 6.45) is 1.84. The fourth-order valence-electron chi connectivity index (χ4n) is 1.93. The number of hydrogen-bond donors (Lipinski definition) is 1. The minimum absolute atomic E-state index is 0.436. The first-order valence-corrected chi connectivity index (χ1v) is 6.66. The van der Waals surface area contributed by atoms with E-state index in [1.165, 1.54) is 0 Å². The summed E-state index contributed by atoms with van der Waals surface area (Å²) < 4.78 is 10.7. The molecule has 1 heterocycles. The number of methoxy groups -OCH3 is 1. The highest BCUT2D eigenvalue weighted by Crippen LogP contribution is 2.28. The molecule has 0 spiro atoms. The topological polar surface area (TPSA) is 51.6 Å². The van der Waals surface area contributed by atoms with Crippen LogP contribution in [0.4, 0.5) is 0 Å². The summed E-state index contributed by atoms with van der Waals surface area (Å²) in [4.78, 5) is 4.09. The summed E-state index contributed by atoms with van der Waals surface area (Å²) in [6, 6.07) is 11.0. The average molecular weight is 273 g/mol. The summed E-state index contributed by atoms with van der Waals surface area (Å²) in [5.41, 5.74) is 1.43. The van der Waals surface area contributed by atoms with Crippen LogP contribution >= 0.6 is 0 Å². The van der Waals surface area contributed by atoms with Gasteiger partial charge < -0.3 is 14.6 Å². The summed E-state index contributed by atoms with van der Waals surface area (Å²) in [7, 11) is 1.54. The number of ether oxygens (including phenoxy) is 2. The maximum Gasteiger partial charge on any atom is 0.219 e. The highest BCUT2D eigenvalue weighted by Gasteiger charge is 2.15. The second-order valence-electron chi connectivity index (χ2n) is 4.42. The molecule has 106 valence electrons. The molecule has 1 atom stereocenters. The second-order valence-corrected chi connectivity index (χ2v) is 4.42. The number of rotatable bonds is 6. The van der Waals surface area contributed by atoms with Gasteiger partial charge in [-0.2, -0.15) is 0 Å². The molecule has 4 nitrogen and oxygen atoms in total. The number of benzene rings is 1. The molecule has 1 aromatic carbocycles. The van der Waals surface area contributed by atoms with E-state index < -0.39 is 6.10 Å². The molecule has 0 aliphatic carbocycles. The molecule has 0 fully saturated rings. The van der Waals surface area contributed by atoms with E-state index in [0.717, 1.165) is 17.7 Å². The molecule has 0 aliphatic heterocycles. The number of aliphatic hydroxyl groups is 1. The third-order valence-corrected chi connectivity index (χ3v) is 2.96. The number of aromatic nitrogens is 1. The molecule has 1 unspecified atom stereocenters. The zero-order valence-corrected chi connectivity index (χ0v) is 11.7. The van der Waals surface area contributed by atoms with Gasteiger partial charge in [-0.05, 0) is 36.2 Å². The molecule has 4 heteroatoms. The van der Waals surface area contributed by atoms with Crippen LogP contribution in [0.5, 0.6) is 11.6 Å². The van der Waals surface area contributed by atoms with Crippen LogP contribution in [0.2, 0.25) is 0 Å². The van der Waals surface area contributed by atoms with Crippen molar-refractivity contribution in [1.82, 2.24) is 4.98 Å². The SMILES string of the molecule is CCCOc1ccc(C(O)c2cccnc2OC)cc1. The van der Waals surface area contributed by atoms with Crippen molar-refractivity contribution in [3.8, 4) is 11.6 Å². The summed E-state index contributed by atoms with van der Waals surface area (Å²) >= 11 is 0. The Morgan fingerprint density at radius 1 is 1.20 bits per heavy atom. The van der Waals surface area contributed by atoms with Crippen molar-refractivity contribution in [3.63, 3.8) is 0 Å². The molecule has 0 saturated heterocycles. The average Bonchev–Trinajstić information content (AvgIpc) is 2.52. The molecular weight excluding hydrogens is 254 g/mol. The molecule has 0 bridgehead atoms. The Labute approximate surface area is 119 Å². The number of nitrogens with zero attached hydrogens (tertiary/aromatic N) is 1. The summed E-state index contributed by atoms with van der Waals surface area (Å²) in [5.74, 6) is 1.24. The van der Waals surface area contributed by atoms with Gasteiger partial charge in [0.25, 0.3) is 0 Å². The van der Waals surface area contributed by atoms with Gasteiger partial charge in [-0.1, -0.05) is 19.1 Å². The van der Waals surface area contributed by atoms with Crippen LogP contribution in [0.25, 0.3) is 0 Å². The van der Waals surface area contributed by atoms with Crippen molar-refractivity contribution < 1.29 is 14.6 Å². The maximum absolute atomic E-state index is 10.4. The van der Waals surface area contributed by atoms with Crippen molar-refractivity contribution in [2.24, 2.45) is 0 Å². The lowest BCUT2D eigenvalue weighted by Crippen LogP contribution is -2.03. The van der Waals surface area contributed by atoms with Crippen LogP contribution in [0, 0.1) is 0 Å². The van der Waals surface area contributed by atoms with E-state index in [-0.39, 0.29) is 0 Å². The predicted molar refractivity (Wildman–Crippen MR) is 77.1 cm³/mol. The molecule has 0 amide bonds.